The summed E-state index contributed by atoms with van der Waals surface area (Å²) in [6.45, 7) is 4.60. The Morgan fingerprint density at radius 3 is 2.47 bits per heavy atom. The minimum Gasteiger partial charge on any atom is -0.506 e. The Morgan fingerprint density at radius 1 is 1.05 bits per heavy atom. The first kappa shape index (κ1) is 14.0. The molecule has 0 aromatic heterocycles. The normalized spacial score (nSPS) is 10.5. The van der Waals surface area contributed by atoms with Gasteiger partial charge in [0.15, 0.2) is 0 Å². The summed E-state index contributed by atoms with van der Waals surface area (Å²) in [7, 11) is 0. The predicted octanol–water partition coefficient (Wildman–Crippen LogP) is 4.93. The highest BCUT2D eigenvalue weighted by atomic mass is 35.5. The molecule has 2 aromatic carbocycles. The maximum Gasteiger partial charge on any atom is 0.139 e. The summed E-state index contributed by atoms with van der Waals surface area (Å²) in [5.41, 5.74) is 4.15. The summed E-state index contributed by atoms with van der Waals surface area (Å²) in [4.78, 5) is 0. The van der Waals surface area contributed by atoms with Crippen LogP contribution in [0.5, 0.6) is 5.75 Å². The average molecular weight is 296 g/mol. The fourth-order valence-electron chi connectivity index (χ4n) is 1.80. The van der Waals surface area contributed by atoms with E-state index in [4.69, 9.17) is 23.2 Å². The summed E-state index contributed by atoms with van der Waals surface area (Å²) in [6, 6.07) is 9.36. The van der Waals surface area contributed by atoms with E-state index in [2.05, 4.69) is 31.3 Å². The number of phenols is 1. The van der Waals surface area contributed by atoms with Crippen LogP contribution >= 0.6 is 23.2 Å². The lowest BCUT2D eigenvalue weighted by Crippen LogP contribution is -2.00. The highest BCUT2D eigenvalue weighted by Crippen LogP contribution is 2.31. The zero-order valence-electron chi connectivity index (χ0n) is 10.8. The summed E-state index contributed by atoms with van der Waals surface area (Å²) < 4.78 is 0. The Kier molecular flexibility index (Phi) is 4.23. The maximum atomic E-state index is 9.87. The molecule has 2 N–H and O–H groups in total. The van der Waals surface area contributed by atoms with Crippen LogP contribution in [0.2, 0.25) is 10.0 Å². The molecule has 0 heterocycles. The highest BCUT2D eigenvalue weighted by molar-refractivity contribution is 6.35. The van der Waals surface area contributed by atoms with E-state index in [1.54, 1.807) is 6.07 Å². The lowest BCUT2D eigenvalue weighted by atomic mass is 10.1. The van der Waals surface area contributed by atoms with Crippen LogP contribution < -0.4 is 5.32 Å². The van der Waals surface area contributed by atoms with Gasteiger partial charge in [0.25, 0.3) is 0 Å². The highest BCUT2D eigenvalue weighted by Gasteiger charge is 2.07. The second-order valence-corrected chi connectivity index (χ2v) is 5.39. The molecule has 0 aliphatic rings. The molecule has 2 nitrogen and oxygen atoms in total. The lowest BCUT2D eigenvalue weighted by molar-refractivity contribution is 0.469. The van der Waals surface area contributed by atoms with E-state index in [1.807, 2.05) is 6.07 Å². The van der Waals surface area contributed by atoms with Crippen molar-refractivity contribution in [3.63, 3.8) is 0 Å². The van der Waals surface area contributed by atoms with Crippen molar-refractivity contribution in [1.82, 2.24) is 0 Å². The van der Waals surface area contributed by atoms with E-state index >= 15 is 0 Å². The standard InChI is InChI=1S/C15H15Cl2NO/c1-9-3-4-13(5-10(9)2)18-8-11-6-12(16)7-14(17)15(11)19/h3-7,18-19H,8H2,1-2H3. The van der Waals surface area contributed by atoms with Crippen molar-refractivity contribution in [2.45, 2.75) is 20.4 Å². The molecule has 0 atom stereocenters. The third-order valence-corrected chi connectivity index (χ3v) is 3.60. The van der Waals surface area contributed by atoms with Gasteiger partial charge in [-0.2, -0.15) is 0 Å². The Morgan fingerprint density at radius 2 is 1.79 bits per heavy atom. The molecule has 0 aliphatic carbocycles. The van der Waals surface area contributed by atoms with Crippen LogP contribution in [-0.4, -0.2) is 5.11 Å². The summed E-state index contributed by atoms with van der Waals surface area (Å²) in [5.74, 6) is 0.0717. The van der Waals surface area contributed by atoms with Gasteiger partial charge in [-0.05, 0) is 49.2 Å². The van der Waals surface area contributed by atoms with Crippen molar-refractivity contribution in [1.29, 1.82) is 0 Å². The Bertz CT molecular complexity index is 611. The third kappa shape index (κ3) is 3.34. The number of rotatable bonds is 3. The predicted molar refractivity (Wildman–Crippen MR) is 81.4 cm³/mol. The van der Waals surface area contributed by atoms with Gasteiger partial charge in [0.2, 0.25) is 0 Å². The molecule has 2 rings (SSSR count). The van der Waals surface area contributed by atoms with Gasteiger partial charge in [-0.1, -0.05) is 29.3 Å². The molecule has 19 heavy (non-hydrogen) atoms. The van der Waals surface area contributed by atoms with Gasteiger partial charge in [-0.15, -0.1) is 0 Å². The number of hydrogen-bond acceptors (Lipinski definition) is 2. The SMILES string of the molecule is Cc1ccc(NCc2cc(Cl)cc(Cl)c2O)cc1C. The first-order valence-electron chi connectivity index (χ1n) is 5.95. The first-order valence-corrected chi connectivity index (χ1v) is 6.71. The zero-order chi connectivity index (χ0) is 14.0. The second kappa shape index (κ2) is 5.72. The number of phenolic OH excluding ortho intramolecular Hbond substituents is 1. The van der Waals surface area contributed by atoms with Crippen LogP contribution in [0.25, 0.3) is 0 Å². The van der Waals surface area contributed by atoms with Gasteiger partial charge in [0.1, 0.15) is 5.75 Å². The van der Waals surface area contributed by atoms with Crippen LogP contribution in [0.1, 0.15) is 16.7 Å². The maximum absolute atomic E-state index is 9.87. The Balaban J connectivity index is 2.16. The number of nitrogens with one attached hydrogen (secondary N) is 1. The van der Waals surface area contributed by atoms with E-state index in [1.165, 1.54) is 17.2 Å². The van der Waals surface area contributed by atoms with Gasteiger partial charge in [-0.3, -0.25) is 0 Å². The number of aryl methyl sites for hydroxylation is 2. The van der Waals surface area contributed by atoms with Crippen molar-refractivity contribution in [2.24, 2.45) is 0 Å². The van der Waals surface area contributed by atoms with E-state index in [9.17, 15) is 5.11 Å². The molecule has 0 unspecified atom stereocenters. The van der Waals surface area contributed by atoms with Crippen LogP contribution in [0.15, 0.2) is 30.3 Å². The first-order chi connectivity index (χ1) is 8.97. The molecular formula is C15H15Cl2NO. The summed E-state index contributed by atoms with van der Waals surface area (Å²) >= 11 is 11.8. The van der Waals surface area contributed by atoms with Crippen molar-refractivity contribution < 1.29 is 5.11 Å². The number of hydrogen-bond donors (Lipinski definition) is 2. The van der Waals surface area contributed by atoms with E-state index < -0.39 is 0 Å². The van der Waals surface area contributed by atoms with Crippen molar-refractivity contribution >= 4 is 28.9 Å². The molecule has 0 radical (unpaired) electrons. The summed E-state index contributed by atoms with van der Waals surface area (Å²) in [6.07, 6.45) is 0. The number of benzene rings is 2. The Hall–Kier alpha value is -1.38. The van der Waals surface area contributed by atoms with E-state index in [-0.39, 0.29) is 10.8 Å². The second-order valence-electron chi connectivity index (χ2n) is 4.55. The Labute approximate surface area is 123 Å². The van der Waals surface area contributed by atoms with Crippen molar-refractivity contribution in [3.05, 3.63) is 57.1 Å². The number of aromatic hydroxyl groups is 1. The van der Waals surface area contributed by atoms with Gasteiger partial charge in [0, 0.05) is 22.8 Å². The van der Waals surface area contributed by atoms with Gasteiger partial charge in [-0.25, -0.2) is 0 Å². The molecular weight excluding hydrogens is 281 g/mol. The minimum atomic E-state index is 0.0717. The monoisotopic (exact) mass is 295 g/mol. The molecule has 0 bridgehead atoms. The largest absolute Gasteiger partial charge is 0.506 e. The molecule has 0 fully saturated rings. The van der Waals surface area contributed by atoms with Gasteiger partial charge < -0.3 is 10.4 Å². The molecule has 2 aromatic rings. The van der Waals surface area contributed by atoms with E-state index in [0.717, 1.165) is 5.69 Å². The molecule has 100 valence electrons. The van der Waals surface area contributed by atoms with Crippen molar-refractivity contribution in [2.75, 3.05) is 5.32 Å². The molecule has 0 saturated heterocycles. The molecule has 0 aliphatic heterocycles. The third-order valence-electron chi connectivity index (χ3n) is 3.10. The van der Waals surface area contributed by atoms with Crippen LogP contribution in [0, 0.1) is 13.8 Å². The van der Waals surface area contributed by atoms with Crippen LogP contribution in [0.4, 0.5) is 5.69 Å². The zero-order valence-corrected chi connectivity index (χ0v) is 12.3. The molecule has 4 heteroatoms. The summed E-state index contributed by atoms with van der Waals surface area (Å²) in [5, 5.41) is 13.9. The smallest absolute Gasteiger partial charge is 0.139 e. The van der Waals surface area contributed by atoms with Gasteiger partial charge in [0.05, 0.1) is 5.02 Å². The lowest BCUT2D eigenvalue weighted by Gasteiger charge is -2.11. The topological polar surface area (TPSA) is 32.3 Å². The molecule has 0 amide bonds. The van der Waals surface area contributed by atoms with Crippen molar-refractivity contribution in [3.8, 4) is 5.75 Å². The van der Waals surface area contributed by atoms with E-state index in [0.29, 0.717) is 17.1 Å². The quantitative estimate of drug-likeness (QED) is 0.842. The molecule has 0 saturated carbocycles. The average Bonchev–Trinajstić information content (AvgIpc) is 2.36. The van der Waals surface area contributed by atoms with Crippen LogP contribution in [-0.2, 0) is 6.54 Å². The molecule has 0 spiro atoms. The number of anilines is 1. The fraction of sp³-hybridized carbons (Fsp3) is 0.200. The van der Waals surface area contributed by atoms with Gasteiger partial charge >= 0.3 is 0 Å². The minimum absolute atomic E-state index is 0.0717. The van der Waals surface area contributed by atoms with Crippen LogP contribution in [0.3, 0.4) is 0 Å². The number of halogens is 2. The fourth-order valence-corrected chi connectivity index (χ4v) is 2.34.